The molecule has 8 heteroatoms. The van der Waals surface area contributed by atoms with Crippen molar-refractivity contribution in [1.29, 1.82) is 0 Å². The number of benzene rings is 3. The van der Waals surface area contributed by atoms with Gasteiger partial charge in [0.2, 0.25) is 10.0 Å². The fourth-order valence-corrected chi connectivity index (χ4v) is 5.54. The second-order valence-electron chi connectivity index (χ2n) is 8.11. The third-order valence-electron chi connectivity index (χ3n) is 5.80. The summed E-state index contributed by atoms with van der Waals surface area (Å²) in [5.74, 6) is 0.662. The molecule has 0 radical (unpaired) electrons. The molecule has 0 aliphatic carbocycles. The summed E-state index contributed by atoms with van der Waals surface area (Å²) in [5.41, 5.74) is 3.62. The Kier molecular flexibility index (Phi) is 5.19. The summed E-state index contributed by atoms with van der Waals surface area (Å²) in [7, 11) is -3.77. The number of aromatic nitrogens is 4. The van der Waals surface area contributed by atoms with Gasteiger partial charge in [-0.2, -0.15) is 9.61 Å². The van der Waals surface area contributed by atoms with Crippen LogP contribution in [0.15, 0.2) is 77.7 Å². The Morgan fingerprint density at radius 2 is 1.58 bits per heavy atom. The van der Waals surface area contributed by atoms with Crippen molar-refractivity contribution in [2.24, 2.45) is 0 Å². The van der Waals surface area contributed by atoms with Crippen LogP contribution in [0.4, 0.5) is 0 Å². The molecule has 0 aliphatic rings. The fraction of sp³-hybridized carbons (Fsp3) is 0.160. The van der Waals surface area contributed by atoms with Crippen LogP contribution < -0.4 is 4.72 Å². The quantitative estimate of drug-likeness (QED) is 0.417. The number of hydrogen-bond acceptors (Lipinski definition) is 5. The predicted molar refractivity (Wildman–Crippen MR) is 128 cm³/mol. The first-order chi connectivity index (χ1) is 15.8. The normalized spacial score (nSPS) is 12.9. The summed E-state index contributed by atoms with van der Waals surface area (Å²) in [4.78, 5) is 0.231. The largest absolute Gasteiger partial charge is 0.241 e. The molecule has 0 bridgehead atoms. The molecule has 5 aromatic rings. The molecular formula is C25H23N5O2S. The van der Waals surface area contributed by atoms with E-state index in [-0.39, 0.29) is 10.9 Å². The maximum Gasteiger partial charge on any atom is 0.241 e. The number of fused-ring (bicyclic) bond motifs is 3. The molecule has 0 amide bonds. The number of nitrogens with one attached hydrogen (secondary N) is 1. The van der Waals surface area contributed by atoms with Gasteiger partial charge in [-0.15, -0.1) is 10.2 Å². The zero-order valence-electron chi connectivity index (χ0n) is 18.5. The fourth-order valence-electron chi connectivity index (χ4n) is 4.04. The monoisotopic (exact) mass is 457 g/mol. The molecule has 7 nitrogen and oxygen atoms in total. The number of hydrogen-bond donors (Lipinski definition) is 1. The van der Waals surface area contributed by atoms with Gasteiger partial charge in [-0.05, 0) is 38.0 Å². The van der Waals surface area contributed by atoms with Crippen molar-refractivity contribution in [3.05, 3.63) is 89.7 Å². The zero-order chi connectivity index (χ0) is 23.2. The molecule has 3 aromatic carbocycles. The number of rotatable bonds is 5. The Hall–Kier alpha value is -3.62. The molecule has 2 heterocycles. The van der Waals surface area contributed by atoms with Crippen molar-refractivity contribution in [3.8, 4) is 11.3 Å². The Morgan fingerprint density at radius 1 is 0.879 bits per heavy atom. The van der Waals surface area contributed by atoms with Crippen molar-refractivity contribution in [1.82, 2.24) is 24.5 Å². The SMILES string of the molecule is Cc1ccc(-c2nn3c(C)nnc3c3ccccc23)cc1S(=O)(=O)N[C@H](C)c1ccccc1. The molecule has 0 fully saturated rings. The molecule has 5 rings (SSSR count). The molecule has 0 aliphatic heterocycles. The molecular weight excluding hydrogens is 434 g/mol. The maximum atomic E-state index is 13.4. The Morgan fingerprint density at radius 3 is 2.33 bits per heavy atom. The molecule has 0 saturated heterocycles. The standard InChI is InChI=1S/C25H23N5O2S/c1-16-13-14-20(15-23(16)33(31,32)29-17(2)19-9-5-4-6-10-19)24-21-11-7-8-12-22(21)25-27-26-18(3)30(25)28-24/h4-15,17,29H,1-3H3/t17-/m1/s1. The van der Waals surface area contributed by atoms with E-state index in [1.54, 1.807) is 17.5 Å². The van der Waals surface area contributed by atoms with E-state index < -0.39 is 10.0 Å². The molecule has 33 heavy (non-hydrogen) atoms. The zero-order valence-corrected chi connectivity index (χ0v) is 19.3. The van der Waals surface area contributed by atoms with Crippen molar-refractivity contribution in [3.63, 3.8) is 0 Å². The van der Waals surface area contributed by atoms with Crippen molar-refractivity contribution in [2.75, 3.05) is 0 Å². The molecule has 2 aromatic heterocycles. The highest BCUT2D eigenvalue weighted by Gasteiger charge is 2.22. The van der Waals surface area contributed by atoms with Gasteiger partial charge in [0.25, 0.3) is 0 Å². The van der Waals surface area contributed by atoms with Crippen LogP contribution in [-0.4, -0.2) is 28.2 Å². The van der Waals surface area contributed by atoms with Gasteiger partial charge < -0.3 is 0 Å². The van der Waals surface area contributed by atoms with Gasteiger partial charge in [0.15, 0.2) is 11.5 Å². The average Bonchev–Trinajstić information content (AvgIpc) is 3.20. The van der Waals surface area contributed by atoms with Crippen LogP contribution in [0.5, 0.6) is 0 Å². The molecule has 0 spiro atoms. The minimum atomic E-state index is -3.77. The lowest BCUT2D eigenvalue weighted by atomic mass is 10.0. The number of sulfonamides is 1. The first-order valence-corrected chi connectivity index (χ1v) is 12.1. The Labute approximate surface area is 192 Å². The van der Waals surface area contributed by atoms with Gasteiger partial charge in [-0.1, -0.05) is 66.7 Å². The third kappa shape index (κ3) is 3.77. The van der Waals surface area contributed by atoms with E-state index in [0.29, 0.717) is 28.3 Å². The first-order valence-electron chi connectivity index (χ1n) is 10.6. The number of aryl methyl sites for hydroxylation is 2. The topological polar surface area (TPSA) is 89.2 Å². The summed E-state index contributed by atoms with van der Waals surface area (Å²) >= 11 is 0. The predicted octanol–water partition coefficient (Wildman–Crippen LogP) is 4.60. The second kappa shape index (κ2) is 8.06. The summed E-state index contributed by atoms with van der Waals surface area (Å²) in [6, 6.07) is 22.4. The summed E-state index contributed by atoms with van der Waals surface area (Å²) in [6.45, 7) is 5.47. The Bertz CT molecular complexity index is 1590. The van der Waals surface area contributed by atoms with E-state index in [9.17, 15) is 8.42 Å². The highest BCUT2D eigenvalue weighted by atomic mass is 32.2. The van der Waals surface area contributed by atoms with Crippen molar-refractivity contribution < 1.29 is 8.42 Å². The van der Waals surface area contributed by atoms with E-state index in [2.05, 4.69) is 14.9 Å². The summed E-state index contributed by atoms with van der Waals surface area (Å²) < 4.78 is 31.2. The van der Waals surface area contributed by atoms with E-state index in [1.165, 1.54) is 0 Å². The van der Waals surface area contributed by atoms with Crippen LogP contribution in [0.1, 0.15) is 29.9 Å². The van der Waals surface area contributed by atoms with Crippen LogP contribution in [-0.2, 0) is 10.0 Å². The first kappa shape index (κ1) is 21.2. The summed E-state index contributed by atoms with van der Waals surface area (Å²) in [6.07, 6.45) is 0. The minimum Gasteiger partial charge on any atom is -0.207 e. The van der Waals surface area contributed by atoms with Gasteiger partial charge in [0.1, 0.15) is 0 Å². The smallest absolute Gasteiger partial charge is 0.207 e. The van der Waals surface area contributed by atoms with Crippen LogP contribution in [0.25, 0.3) is 27.7 Å². The van der Waals surface area contributed by atoms with Gasteiger partial charge in [0, 0.05) is 22.4 Å². The van der Waals surface area contributed by atoms with Gasteiger partial charge in [-0.3, -0.25) is 0 Å². The molecule has 0 saturated carbocycles. The Balaban J connectivity index is 1.63. The minimum absolute atomic E-state index is 0.231. The summed E-state index contributed by atoms with van der Waals surface area (Å²) in [5, 5.41) is 15.0. The third-order valence-corrected chi connectivity index (χ3v) is 7.48. The van der Waals surface area contributed by atoms with E-state index in [1.807, 2.05) is 80.6 Å². The molecule has 1 atom stereocenters. The van der Waals surface area contributed by atoms with E-state index in [0.717, 1.165) is 16.3 Å². The van der Waals surface area contributed by atoms with Gasteiger partial charge >= 0.3 is 0 Å². The van der Waals surface area contributed by atoms with Crippen molar-refractivity contribution in [2.45, 2.75) is 31.7 Å². The van der Waals surface area contributed by atoms with Gasteiger partial charge in [-0.25, -0.2) is 13.1 Å². The van der Waals surface area contributed by atoms with Crippen LogP contribution in [0.3, 0.4) is 0 Å². The molecule has 1 N–H and O–H groups in total. The lowest BCUT2D eigenvalue weighted by Gasteiger charge is -2.17. The van der Waals surface area contributed by atoms with Crippen molar-refractivity contribution >= 4 is 26.4 Å². The molecule has 0 unspecified atom stereocenters. The van der Waals surface area contributed by atoms with Crippen LogP contribution in [0, 0.1) is 13.8 Å². The van der Waals surface area contributed by atoms with E-state index in [4.69, 9.17) is 5.10 Å². The molecule has 166 valence electrons. The van der Waals surface area contributed by atoms with E-state index >= 15 is 0 Å². The highest BCUT2D eigenvalue weighted by Crippen LogP contribution is 2.31. The average molecular weight is 458 g/mol. The van der Waals surface area contributed by atoms with Crippen LogP contribution >= 0.6 is 0 Å². The number of nitrogens with zero attached hydrogens (tertiary/aromatic N) is 4. The highest BCUT2D eigenvalue weighted by molar-refractivity contribution is 7.89. The van der Waals surface area contributed by atoms with Gasteiger partial charge in [0.05, 0.1) is 10.6 Å². The second-order valence-corrected chi connectivity index (χ2v) is 9.79. The lowest BCUT2D eigenvalue weighted by molar-refractivity contribution is 0.566. The maximum absolute atomic E-state index is 13.4. The lowest BCUT2D eigenvalue weighted by Crippen LogP contribution is -2.27. The van der Waals surface area contributed by atoms with Crippen LogP contribution in [0.2, 0.25) is 0 Å².